The first kappa shape index (κ1) is 23.6. The lowest BCUT2D eigenvalue weighted by molar-refractivity contribution is 0.0865. The molecule has 0 unspecified atom stereocenters. The van der Waals surface area contributed by atoms with Crippen molar-refractivity contribution in [3.05, 3.63) is 61.2 Å². The zero-order valence-corrected chi connectivity index (χ0v) is 20.3. The van der Waals surface area contributed by atoms with Crippen LogP contribution in [0.15, 0.2) is 65.6 Å². The van der Waals surface area contributed by atoms with Gasteiger partial charge < -0.3 is 19.8 Å². The highest BCUT2D eigenvalue weighted by Gasteiger charge is 2.25. The van der Waals surface area contributed by atoms with Crippen LogP contribution in [0.5, 0.6) is 0 Å². The Bertz CT molecular complexity index is 1310. The smallest absolute Gasteiger partial charge is 0.409 e. The van der Waals surface area contributed by atoms with Crippen LogP contribution in [-0.4, -0.2) is 50.4 Å². The second kappa shape index (κ2) is 10.6. The zero-order valence-electron chi connectivity index (χ0n) is 20.3. The minimum atomic E-state index is -0.217. The van der Waals surface area contributed by atoms with E-state index in [0.717, 1.165) is 42.4 Å². The van der Waals surface area contributed by atoms with E-state index in [9.17, 15) is 4.79 Å². The lowest BCUT2D eigenvalue weighted by Gasteiger charge is -2.31. The van der Waals surface area contributed by atoms with Gasteiger partial charge in [-0.05, 0) is 25.3 Å². The van der Waals surface area contributed by atoms with Gasteiger partial charge in [-0.1, -0.05) is 43.7 Å². The Morgan fingerprint density at radius 3 is 2.67 bits per heavy atom. The summed E-state index contributed by atoms with van der Waals surface area (Å²) in [5.74, 6) is 1.45. The summed E-state index contributed by atoms with van der Waals surface area (Å²) in [6, 6.07) is 12.0. The number of rotatable bonds is 7. The van der Waals surface area contributed by atoms with Gasteiger partial charge in [0.2, 0.25) is 5.89 Å². The van der Waals surface area contributed by atoms with Gasteiger partial charge in [-0.15, -0.1) is 0 Å². The van der Waals surface area contributed by atoms with Crippen molar-refractivity contribution < 1.29 is 13.9 Å². The number of hydrogen-bond acceptors (Lipinski definition) is 7. The maximum Gasteiger partial charge on any atom is 0.409 e. The maximum absolute atomic E-state index is 12.2. The van der Waals surface area contributed by atoms with Crippen molar-refractivity contribution in [1.82, 2.24) is 24.6 Å². The molecular weight excluding hydrogens is 456 g/mol. The lowest BCUT2D eigenvalue weighted by atomic mass is 10.1. The quantitative estimate of drug-likeness (QED) is 0.347. The van der Waals surface area contributed by atoms with Crippen LogP contribution in [0.25, 0.3) is 33.9 Å². The summed E-state index contributed by atoms with van der Waals surface area (Å²) in [6.45, 7) is 3.88. The number of nitrogen functional groups attached to an aromatic ring is 1. The summed E-state index contributed by atoms with van der Waals surface area (Å²) in [6.07, 6.45) is 10.6. The highest BCUT2D eigenvalue weighted by atomic mass is 16.6. The van der Waals surface area contributed by atoms with Gasteiger partial charge in [-0.25, -0.2) is 14.8 Å². The SMILES string of the molecule is CCCCOC(=O)N1CCC(n2cc(-c3cnc(N)c(-c4ncc(-c5ccccc5)o4)c3)cn2)CC1. The van der Waals surface area contributed by atoms with E-state index in [0.29, 0.717) is 42.7 Å². The molecule has 1 aromatic carbocycles. The van der Waals surface area contributed by atoms with E-state index in [2.05, 4.69) is 22.0 Å². The maximum atomic E-state index is 12.2. The molecular formula is C27H30N6O3. The minimum Gasteiger partial charge on any atom is -0.449 e. The average Bonchev–Trinajstić information content (AvgIpc) is 3.61. The van der Waals surface area contributed by atoms with Crippen molar-refractivity contribution in [2.45, 2.75) is 38.6 Å². The molecule has 0 atom stereocenters. The van der Waals surface area contributed by atoms with Crippen LogP contribution < -0.4 is 5.73 Å². The van der Waals surface area contributed by atoms with E-state index in [-0.39, 0.29) is 12.1 Å². The Balaban J connectivity index is 1.27. The number of carbonyl (C=O) groups excluding carboxylic acids is 1. The summed E-state index contributed by atoms with van der Waals surface area (Å²) in [5, 5.41) is 4.60. The Labute approximate surface area is 209 Å². The molecule has 3 aromatic heterocycles. The molecule has 4 aromatic rings. The van der Waals surface area contributed by atoms with Gasteiger partial charge in [0.25, 0.3) is 0 Å². The van der Waals surface area contributed by atoms with Crippen molar-refractivity contribution in [2.75, 3.05) is 25.4 Å². The number of aromatic nitrogens is 4. The molecule has 1 saturated heterocycles. The molecule has 4 heterocycles. The van der Waals surface area contributed by atoms with Gasteiger partial charge in [0.1, 0.15) is 5.82 Å². The predicted octanol–water partition coefficient (Wildman–Crippen LogP) is 5.42. The fourth-order valence-electron chi connectivity index (χ4n) is 4.33. The Kier molecular flexibility index (Phi) is 6.97. The molecule has 186 valence electrons. The molecule has 0 bridgehead atoms. The van der Waals surface area contributed by atoms with Crippen LogP contribution in [0.1, 0.15) is 38.6 Å². The molecule has 2 N–H and O–H groups in total. The van der Waals surface area contributed by atoms with Crippen LogP contribution in [0, 0.1) is 0 Å². The normalized spacial score (nSPS) is 14.2. The largest absolute Gasteiger partial charge is 0.449 e. The topological polar surface area (TPSA) is 112 Å². The summed E-state index contributed by atoms with van der Waals surface area (Å²) in [5.41, 5.74) is 9.56. The number of benzene rings is 1. The number of ether oxygens (including phenoxy) is 1. The summed E-state index contributed by atoms with van der Waals surface area (Å²) in [4.78, 5) is 22.8. The number of likely N-dealkylation sites (tertiary alicyclic amines) is 1. The number of hydrogen-bond donors (Lipinski definition) is 1. The Morgan fingerprint density at radius 1 is 1.08 bits per heavy atom. The van der Waals surface area contributed by atoms with E-state index < -0.39 is 0 Å². The first-order valence-corrected chi connectivity index (χ1v) is 12.4. The third kappa shape index (κ3) is 5.10. The first-order valence-electron chi connectivity index (χ1n) is 12.4. The predicted molar refractivity (Wildman–Crippen MR) is 137 cm³/mol. The van der Waals surface area contributed by atoms with Crippen LogP contribution in [-0.2, 0) is 4.74 Å². The second-order valence-corrected chi connectivity index (χ2v) is 8.95. The molecule has 0 saturated carbocycles. The number of amides is 1. The Hall–Kier alpha value is -4.14. The highest BCUT2D eigenvalue weighted by Crippen LogP contribution is 2.32. The van der Waals surface area contributed by atoms with E-state index in [1.807, 2.05) is 53.5 Å². The first-order chi connectivity index (χ1) is 17.6. The molecule has 1 fully saturated rings. The number of oxazole rings is 1. The van der Waals surface area contributed by atoms with Gasteiger partial charge in [0.15, 0.2) is 5.76 Å². The summed E-state index contributed by atoms with van der Waals surface area (Å²) < 4.78 is 13.3. The van der Waals surface area contributed by atoms with Crippen LogP contribution >= 0.6 is 0 Å². The molecule has 5 rings (SSSR count). The van der Waals surface area contributed by atoms with Gasteiger partial charge >= 0.3 is 6.09 Å². The Morgan fingerprint density at radius 2 is 1.89 bits per heavy atom. The van der Waals surface area contributed by atoms with Crippen LogP contribution in [0.2, 0.25) is 0 Å². The van der Waals surface area contributed by atoms with E-state index in [1.54, 1.807) is 17.3 Å². The molecule has 0 radical (unpaired) electrons. The number of anilines is 1. The third-order valence-electron chi connectivity index (χ3n) is 6.47. The molecule has 9 heteroatoms. The van der Waals surface area contributed by atoms with Crippen molar-refractivity contribution in [3.8, 4) is 33.9 Å². The van der Waals surface area contributed by atoms with Crippen LogP contribution in [0.4, 0.5) is 10.6 Å². The monoisotopic (exact) mass is 486 g/mol. The van der Waals surface area contributed by atoms with Crippen molar-refractivity contribution in [1.29, 1.82) is 0 Å². The van der Waals surface area contributed by atoms with E-state index >= 15 is 0 Å². The highest BCUT2D eigenvalue weighted by molar-refractivity contribution is 5.75. The summed E-state index contributed by atoms with van der Waals surface area (Å²) in [7, 11) is 0. The number of pyridine rings is 1. The van der Waals surface area contributed by atoms with Crippen molar-refractivity contribution in [2.24, 2.45) is 0 Å². The van der Waals surface area contributed by atoms with Crippen molar-refractivity contribution >= 4 is 11.9 Å². The zero-order chi connectivity index (χ0) is 24.9. The molecule has 0 aliphatic carbocycles. The number of nitrogens with two attached hydrogens (primary N) is 1. The molecule has 0 spiro atoms. The van der Waals surface area contributed by atoms with Crippen molar-refractivity contribution in [3.63, 3.8) is 0 Å². The van der Waals surface area contributed by atoms with Gasteiger partial charge in [0, 0.05) is 42.2 Å². The van der Waals surface area contributed by atoms with Gasteiger partial charge in [-0.2, -0.15) is 5.10 Å². The minimum absolute atomic E-state index is 0.217. The fourth-order valence-corrected chi connectivity index (χ4v) is 4.33. The second-order valence-electron chi connectivity index (χ2n) is 8.95. The third-order valence-corrected chi connectivity index (χ3v) is 6.47. The standard InChI is InChI=1S/C27H30N6O3/c1-2-3-13-35-27(34)32-11-9-22(10-12-32)33-18-21(16-31-33)20-14-23(25(28)29-15-20)26-30-17-24(36-26)19-7-5-4-6-8-19/h4-8,14-18,22H,2-3,9-13H2,1H3,(H2,28,29). The average molecular weight is 487 g/mol. The number of unbranched alkanes of at least 4 members (excludes halogenated alkanes) is 1. The molecule has 36 heavy (non-hydrogen) atoms. The molecule has 1 amide bonds. The molecule has 1 aliphatic rings. The fraction of sp³-hybridized carbons (Fsp3) is 0.333. The lowest BCUT2D eigenvalue weighted by Crippen LogP contribution is -2.39. The van der Waals surface area contributed by atoms with E-state index in [1.165, 1.54) is 0 Å². The molecule has 9 nitrogen and oxygen atoms in total. The number of piperidine rings is 1. The van der Waals surface area contributed by atoms with E-state index in [4.69, 9.17) is 14.9 Å². The van der Waals surface area contributed by atoms with Gasteiger partial charge in [-0.3, -0.25) is 4.68 Å². The number of nitrogens with zero attached hydrogens (tertiary/aromatic N) is 5. The van der Waals surface area contributed by atoms with Gasteiger partial charge in [0.05, 0.1) is 30.6 Å². The number of carbonyl (C=O) groups is 1. The van der Waals surface area contributed by atoms with Crippen LogP contribution in [0.3, 0.4) is 0 Å². The molecule has 1 aliphatic heterocycles. The summed E-state index contributed by atoms with van der Waals surface area (Å²) >= 11 is 0.